The highest BCUT2D eigenvalue weighted by Gasteiger charge is 2.52. The molecule has 0 saturated carbocycles. The average Bonchev–Trinajstić information content (AvgIpc) is 3.27. The summed E-state index contributed by atoms with van der Waals surface area (Å²) in [4.78, 5) is 2.41. The summed E-state index contributed by atoms with van der Waals surface area (Å²) in [5.74, 6) is 0.469. The second kappa shape index (κ2) is 10.6. The molecule has 41 heavy (non-hydrogen) atoms. The molecular formula is C34H45B2NO4. The molecule has 3 aromatic rings. The molecule has 2 aliphatic rings. The van der Waals surface area contributed by atoms with Crippen LogP contribution in [0.2, 0.25) is 0 Å². The van der Waals surface area contributed by atoms with E-state index in [0.717, 1.165) is 28.7 Å². The SMILES string of the molecule is CC(C)CN(c1ccc(B2OC(C)(C)C(C)(C)O2)cc1)c1ccccc1-c1ccc(B2OC(C)(C)C(C)(C)O2)cc1. The van der Waals surface area contributed by atoms with E-state index >= 15 is 0 Å². The standard InChI is InChI=1S/C34H45B2NO4/c1-24(2)23-37(28-21-19-27(20-22-28)36-40-33(7,8)34(9,10)41-36)30-14-12-11-13-29(30)25-15-17-26(18-16-25)35-38-31(3,4)32(5,6)39-35/h11-22,24H,23H2,1-10H3. The Hall–Kier alpha value is -2.57. The highest BCUT2D eigenvalue weighted by atomic mass is 16.7. The highest BCUT2D eigenvalue weighted by Crippen LogP contribution is 2.39. The Morgan fingerprint density at radius 3 is 1.44 bits per heavy atom. The van der Waals surface area contributed by atoms with E-state index in [9.17, 15) is 0 Å². The van der Waals surface area contributed by atoms with E-state index < -0.39 is 0 Å². The van der Waals surface area contributed by atoms with Crippen LogP contribution >= 0.6 is 0 Å². The summed E-state index contributed by atoms with van der Waals surface area (Å²) < 4.78 is 25.1. The maximum absolute atomic E-state index is 6.29. The molecule has 0 N–H and O–H groups in total. The van der Waals surface area contributed by atoms with E-state index in [0.29, 0.717) is 5.92 Å². The van der Waals surface area contributed by atoms with Gasteiger partial charge in [-0.15, -0.1) is 0 Å². The molecule has 0 radical (unpaired) electrons. The Kier molecular flexibility index (Phi) is 7.74. The van der Waals surface area contributed by atoms with Crippen molar-refractivity contribution in [1.29, 1.82) is 0 Å². The zero-order chi connectivity index (χ0) is 29.8. The molecule has 0 bridgehead atoms. The topological polar surface area (TPSA) is 40.2 Å². The molecule has 0 atom stereocenters. The fourth-order valence-corrected chi connectivity index (χ4v) is 5.25. The molecule has 2 fully saturated rings. The van der Waals surface area contributed by atoms with E-state index in [1.807, 2.05) is 0 Å². The van der Waals surface area contributed by atoms with Gasteiger partial charge in [0, 0.05) is 23.5 Å². The monoisotopic (exact) mass is 553 g/mol. The second-order valence-electron chi connectivity index (χ2n) is 13.9. The van der Waals surface area contributed by atoms with Crippen LogP contribution in [-0.2, 0) is 18.6 Å². The summed E-state index contributed by atoms with van der Waals surface area (Å²) in [6.45, 7) is 22.1. The first-order valence-electron chi connectivity index (χ1n) is 14.9. The predicted octanol–water partition coefficient (Wildman–Crippen LogP) is 6.75. The van der Waals surface area contributed by atoms with Gasteiger partial charge in [0.25, 0.3) is 0 Å². The van der Waals surface area contributed by atoms with Gasteiger partial charge in [0.1, 0.15) is 0 Å². The molecule has 7 heteroatoms. The minimum absolute atomic E-state index is 0.363. The number of para-hydroxylation sites is 1. The van der Waals surface area contributed by atoms with Gasteiger partial charge in [0.05, 0.1) is 22.4 Å². The van der Waals surface area contributed by atoms with E-state index in [1.54, 1.807) is 0 Å². The molecule has 0 aromatic heterocycles. The van der Waals surface area contributed by atoms with Crippen molar-refractivity contribution in [3.63, 3.8) is 0 Å². The van der Waals surface area contributed by atoms with Crippen LogP contribution in [0.15, 0.2) is 72.8 Å². The Labute approximate surface area is 247 Å². The molecule has 2 aliphatic heterocycles. The molecular weight excluding hydrogens is 508 g/mol. The first-order chi connectivity index (χ1) is 19.1. The van der Waals surface area contributed by atoms with Crippen LogP contribution in [0.5, 0.6) is 0 Å². The summed E-state index contributed by atoms with van der Waals surface area (Å²) in [6.07, 6.45) is 0. The summed E-state index contributed by atoms with van der Waals surface area (Å²) in [7, 11) is -0.744. The number of anilines is 2. The normalized spacial score (nSPS) is 20.6. The molecule has 0 unspecified atom stereocenters. The van der Waals surface area contributed by atoms with Crippen LogP contribution in [0.1, 0.15) is 69.2 Å². The average molecular weight is 553 g/mol. The lowest BCUT2D eigenvalue weighted by molar-refractivity contribution is 0.00578. The number of nitrogens with zero attached hydrogens (tertiary/aromatic N) is 1. The first kappa shape index (κ1) is 29.9. The van der Waals surface area contributed by atoms with Crippen molar-refractivity contribution in [1.82, 2.24) is 0 Å². The van der Waals surface area contributed by atoms with E-state index in [1.165, 1.54) is 11.3 Å². The lowest BCUT2D eigenvalue weighted by Gasteiger charge is -2.32. The zero-order valence-electron chi connectivity index (χ0n) is 26.4. The van der Waals surface area contributed by atoms with Gasteiger partial charge in [-0.25, -0.2) is 0 Å². The van der Waals surface area contributed by atoms with E-state index in [2.05, 4.69) is 147 Å². The van der Waals surface area contributed by atoms with Crippen molar-refractivity contribution in [2.75, 3.05) is 11.4 Å². The first-order valence-corrected chi connectivity index (χ1v) is 14.9. The molecule has 5 nitrogen and oxygen atoms in total. The summed E-state index contributed by atoms with van der Waals surface area (Å²) in [5, 5.41) is 0. The van der Waals surface area contributed by atoms with Gasteiger partial charge in [-0.2, -0.15) is 0 Å². The van der Waals surface area contributed by atoms with E-state index in [-0.39, 0.29) is 36.6 Å². The summed E-state index contributed by atoms with van der Waals surface area (Å²) >= 11 is 0. The lowest BCUT2D eigenvalue weighted by Crippen LogP contribution is -2.41. The number of benzene rings is 3. The van der Waals surface area contributed by atoms with Crippen molar-refractivity contribution >= 4 is 36.5 Å². The molecule has 3 aromatic carbocycles. The Morgan fingerprint density at radius 2 is 1.00 bits per heavy atom. The fourth-order valence-electron chi connectivity index (χ4n) is 5.25. The number of rotatable bonds is 7. The smallest absolute Gasteiger partial charge is 0.399 e. The molecule has 0 amide bonds. The summed E-state index contributed by atoms with van der Waals surface area (Å²) in [6, 6.07) is 25.9. The summed E-state index contributed by atoms with van der Waals surface area (Å²) in [5.41, 5.74) is 5.26. The van der Waals surface area contributed by atoms with Crippen molar-refractivity contribution < 1.29 is 18.6 Å². The Bertz CT molecular complexity index is 1330. The molecule has 216 valence electrons. The third kappa shape index (κ3) is 5.75. The van der Waals surface area contributed by atoms with Gasteiger partial charge >= 0.3 is 14.2 Å². The van der Waals surface area contributed by atoms with Gasteiger partial charge in [-0.05, 0) is 96.0 Å². The quantitative estimate of drug-likeness (QED) is 0.303. The molecule has 2 heterocycles. The zero-order valence-corrected chi connectivity index (χ0v) is 26.4. The lowest BCUT2D eigenvalue weighted by atomic mass is 9.78. The van der Waals surface area contributed by atoms with Gasteiger partial charge in [-0.1, -0.05) is 68.4 Å². The Balaban J connectivity index is 1.43. The van der Waals surface area contributed by atoms with Crippen LogP contribution in [0, 0.1) is 5.92 Å². The minimum atomic E-state index is -0.373. The largest absolute Gasteiger partial charge is 0.494 e. The van der Waals surface area contributed by atoms with Gasteiger partial charge in [-0.3, -0.25) is 0 Å². The van der Waals surface area contributed by atoms with Crippen LogP contribution in [0.4, 0.5) is 11.4 Å². The maximum atomic E-state index is 6.29. The molecule has 0 aliphatic carbocycles. The van der Waals surface area contributed by atoms with Gasteiger partial charge in [0.2, 0.25) is 0 Å². The fraction of sp³-hybridized carbons (Fsp3) is 0.471. The number of hydrogen-bond acceptors (Lipinski definition) is 5. The van der Waals surface area contributed by atoms with Crippen LogP contribution < -0.4 is 15.8 Å². The minimum Gasteiger partial charge on any atom is -0.399 e. The highest BCUT2D eigenvalue weighted by molar-refractivity contribution is 6.62. The van der Waals surface area contributed by atoms with Crippen molar-refractivity contribution in [3.05, 3.63) is 72.8 Å². The third-order valence-corrected chi connectivity index (χ3v) is 9.22. The van der Waals surface area contributed by atoms with Crippen molar-refractivity contribution in [2.24, 2.45) is 5.92 Å². The van der Waals surface area contributed by atoms with Crippen molar-refractivity contribution in [2.45, 2.75) is 91.6 Å². The number of hydrogen-bond donors (Lipinski definition) is 0. The predicted molar refractivity (Wildman–Crippen MR) is 172 cm³/mol. The third-order valence-electron chi connectivity index (χ3n) is 9.22. The van der Waals surface area contributed by atoms with Crippen LogP contribution in [-0.4, -0.2) is 43.2 Å². The second-order valence-corrected chi connectivity index (χ2v) is 13.9. The molecule has 2 saturated heterocycles. The van der Waals surface area contributed by atoms with Gasteiger partial charge < -0.3 is 23.5 Å². The molecule has 5 rings (SSSR count). The maximum Gasteiger partial charge on any atom is 0.494 e. The van der Waals surface area contributed by atoms with Crippen molar-refractivity contribution in [3.8, 4) is 11.1 Å². The van der Waals surface area contributed by atoms with Gasteiger partial charge in [0.15, 0.2) is 0 Å². The van der Waals surface area contributed by atoms with E-state index in [4.69, 9.17) is 18.6 Å². The molecule has 0 spiro atoms. The van der Waals surface area contributed by atoms with Crippen LogP contribution in [0.25, 0.3) is 11.1 Å². The Morgan fingerprint density at radius 1 is 0.585 bits per heavy atom. The van der Waals surface area contributed by atoms with Crippen LogP contribution in [0.3, 0.4) is 0 Å².